The van der Waals surface area contributed by atoms with Gasteiger partial charge < -0.3 is 25.4 Å². The molecule has 6 nitrogen and oxygen atoms in total. The van der Waals surface area contributed by atoms with E-state index < -0.39 is 31.3 Å². The quantitative estimate of drug-likeness (QED) is 0.548. The average molecular weight is 267 g/mol. The van der Waals surface area contributed by atoms with Crippen molar-refractivity contribution in [3.05, 3.63) is 29.8 Å². The summed E-state index contributed by atoms with van der Waals surface area (Å²) < 4.78 is 5.40. The zero-order valence-corrected chi connectivity index (χ0v) is 10.4. The third-order valence-corrected chi connectivity index (χ3v) is 3.31. The number of carbonyl (C=O) groups excluding carboxylic acids is 1. The van der Waals surface area contributed by atoms with Crippen molar-refractivity contribution >= 4 is 5.91 Å². The number of para-hydroxylation sites is 1. The Bertz CT molecular complexity index is 450. The van der Waals surface area contributed by atoms with Crippen molar-refractivity contribution in [3.63, 3.8) is 0 Å². The molecule has 0 aromatic heterocycles. The summed E-state index contributed by atoms with van der Waals surface area (Å²) in [6, 6.07) is 7.20. The van der Waals surface area contributed by atoms with Crippen molar-refractivity contribution < 1.29 is 24.9 Å². The molecule has 0 saturated carbocycles. The van der Waals surface area contributed by atoms with E-state index >= 15 is 0 Å². The van der Waals surface area contributed by atoms with Gasteiger partial charge in [0.25, 0.3) is 0 Å². The molecule has 0 saturated heterocycles. The number of ether oxygens (including phenoxy) is 1. The lowest BCUT2D eigenvalue weighted by molar-refractivity contribution is -0.127. The van der Waals surface area contributed by atoms with Gasteiger partial charge in [0.15, 0.2) is 0 Å². The lowest BCUT2D eigenvalue weighted by Gasteiger charge is -2.29. The second-order valence-electron chi connectivity index (χ2n) is 4.65. The first-order valence-electron chi connectivity index (χ1n) is 6.02. The van der Waals surface area contributed by atoms with Gasteiger partial charge in [-0.1, -0.05) is 18.2 Å². The second-order valence-corrected chi connectivity index (χ2v) is 4.65. The molecule has 1 unspecified atom stereocenters. The highest BCUT2D eigenvalue weighted by Gasteiger charge is 2.36. The first-order valence-corrected chi connectivity index (χ1v) is 6.02. The molecule has 0 bridgehead atoms. The molecule has 2 rings (SSSR count). The van der Waals surface area contributed by atoms with E-state index in [1.807, 2.05) is 12.1 Å². The first kappa shape index (κ1) is 13.8. The fourth-order valence-electron chi connectivity index (χ4n) is 2.00. The number of aliphatic hydroxyl groups is 3. The molecule has 1 aromatic carbocycles. The standard InChI is InChI=1S/C13H17NO5/c15-6-13(7-16,8-17)14-12(18)10-5-19-11-4-2-1-3-9(10)11/h1-4,10,15-17H,5-8H2,(H,14,18). The van der Waals surface area contributed by atoms with Gasteiger partial charge in [-0.3, -0.25) is 4.79 Å². The van der Waals surface area contributed by atoms with E-state index in [0.29, 0.717) is 5.75 Å². The number of rotatable bonds is 5. The van der Waals surface area contributed by atoms with Gasteiger partial charge in [-0.2, -0.15) is 0 Å². The largest absolute Gasteiger partial charge is 0.492 e. The molecule has 1 aromatic rings. The number of hydrogen-bond donors (Lipinski definition) is 4. The zero-order chi connectivity index (χ0) is 13.9. The molecule has 0 aliphatic carbocycles. The Morgan fingerprint density at radius 1 is 1.26 bits per heavy atom. The van der Waals surface area contributed by atoms with Crippen LogP contribution >= 0.6 is 0 Å². The van der Waals surface area contributed by atoms with Crippen molar-refractivity contribution in [2.45, 2.75) is 11.5 Å². The molecule has 1 aliphatic heterocycles. The van der Waals surface area contributed by atoms with Crippen LogP contribution in [0.1, 0.15) is 11.5 Å². The van der Waals surface area contributed by atoms with Crippen molar-refractivity contribution in [1.82, 2.24) is 5.32 Å². The molecule has 1 heterocycles. The molecule has 1 atom stereocenters. The Kier molecular flexibility index (Phi) is 4.04. The monoisotopic (exact) mass is 267 g/mol. The highest BCUT2D eigenvalue weighted by atomic mass is 16.5. The van der Waals surface area contributed by atoms with E-state index in [1.165, 1.54) is 0 Å². The lowest BCUT2D eigenvalue weighted by Crippen LogP contribution is -2.58. The molecule has 0 fully saturated rings. The minimum Gasteiger partial charge on any atom is -0.492 e. The van der Waals surface area contributed by atoms with Crippen LogP contribution in [0.4, 0.5) is 0 Å². The Balaban J connectivity index is 2.14. The Morgan fingerprint density at radius 2 is 1.89 bits per heavy atom. The van der Waals surface area contributed by atoms with Crippen LogP contribution in [0.2, 0.25) is 0 Å². The van der Waals surface area contributed by atoms with E-state index in [-0.39, 0.29) is 12.5 Å². The van der Waals surface area contributed by atoms with Crippen LogP contribution in [0, 0.1) is 0 Å². The van der Waals surface area contributed by atoms with Crippen LogP contribution in [0.3, 0.4) is 0 Å². The first-order chi connectivity index (χ1) is 9.15. The predicted octanol–water partition coefficient (Wildman–Crippen LogP) is -1.01. The Morgan fingerprint density at radius 3 is 2.53 bits per heavy atom. The van der Waals surface area contributed by atoms with Crippen LogP contribution < -0.4 is 10.1 Å². The maximum atomic E-state index is 12.2. The fraction of sp³-hybridized carbons (Fsp3) is 0.462. The summed E-state index contributed by atoms with van der Waals surface area (Å²) in [6.45, 7) is -1.41. The van der Waals surface area contributed by atoms with Gasteiger partial charge in [0, 0.05) is 5.56 Å². The predicted molar refractivity (Wildman–Crippen MR) is 66.8 cm³/mol. The summed E-state index contributed by atoms with van der Waals surface area (Å²) in [4.78, 5) is 12.2. The molecule has 0 spiro atoms. The van der Waals surface area contributed by atoms with Crippen molar-refractivity contribution in [1.29, 1.82) is 0 Å². The normalized spacial score (nSPS) is 17.7. The number of carbonyl (C=O) groups is 1. The molecular formula is C13H17NO5. The third kappa shape index (κ3) is 2.56. The smallest absolute Gasteiger partial charge is 0.231 e. The lowest BCUT2D eigenvalue weighted by atomic mass is 9.97. The summed E-state index contributed by atoms with van der Waals surface area (Å²) in [5, 5.41) is 30.1. The Hall–Kier alpha value is -1.63. The highest BCUT2D eigenvalue weighted by molar-refractivity contribution is 5.86. The van der Waals surface area contributed by atoms with Crippen molar-refractivity contribution in [3.8, 4) is 5.75 Å². The van der Waals surface area contributed by atoms with Crippen LogP contribution in [0.5, 0.6) is 5.75 Å². The average Bonchev–Trinajstić information content (AvgIpc) is 2.89. The molecular weight excluding hydrogens is 250 g/mol. The Labute approximate surface area is 110 Å². The van der Waals surface area contributed by atoms with Crippen LogP contribution in [-0.4, -0.2) is 53.2 Å². The number of hydrogen-bond acceptors (Lipinski definition) is 5. The van der Waals surface area contributed by atoms with Crippen LogP contribution in [0.25, 0.3) is 0 Å². The van der Waals surface area contributed by atoms with E-state index in [1.54, 1.807) is 12.1 Å². The molecule has 1 amide bonds. The second kappa shape index (κ2) is 5.56. The third-order valence-electron chi connectivity index (χ3n) is 3.31. The van der Waals surface area contributed by atoms with E-state index in [0.717, 1.165) is 5.56 Å². The zero-order valence-electron chi connectivity index (χ0n) is 10.4. The highest BCUT2D eigenvalue weighted by Crippen LogP contribution is 2.33. The SMILES string of the molecule is O=C(NC(CO)(CO)CO)C1COc2ccccc21. The number of aliphatic hydroxyl groups excluding tert-OH is 3. The minimum atomic E-state index is -1.41. The maximum absolute atomic E-state index is 12.2. The molecule has 1 aliphatic rings. The van der Waals surface area contributed by atoms with Gasteiger partial charge in [-0.15, -0.1) is 0 Å². The number of benzene rings is 1. The molecule has 0 radical (unpaired) electrons. The van der Waals surface area contributed by atoms with Crippen molar-refractivity contribution in [2.75, 3.05) is 26.4 Å². The topological polar surface area (TPSA) is 99.0 Å². The number of amides is 1. The van der Waals surface area contributed by atoms with Gasteiger partial charge in [0.2, 0.25) is 5.91 Å². The molecule has 19 heavy (non-hydrogen) atoms. The number of nitrogens with one attached hydrogen (secondary N) is 1. The van der Waals surface area contributed by atoms with Gasteiger partial charge in [0.05, 0.1) is 19.8 Å². The summed E-state index contributed by atoms with van der Waals surface area (Å²) in [5.74, 6) is -0.229. The van der Waals surface area contributed by atoms with Gasteiger partial charge in [0.1, 0.15) is 23.8 Å². The van der Waals surface area contributed by atoms with Crippen LogP contribution in [0.15, 0.2) is 24.3 Å². The molecule has 6 heteroatoms. The number of fused-ring (bicyclic) bond motifs is 1. The maximum Gasteiger partial charge on any atom is 0.231 e. The minimum absolute atomic E-state index is 0.212. The van der Waals surface area contributed by atoms with Crippen LogP contribution in [-0.2, 0) is 4.79 Å². The van der Waals surface area contributed by atoms with Gasteiger partial charge >= 0.3 is 0 Å². The van der Waals surface area contributed by atoms with E-state index in [4.69, 9.17) is 4.74 Å². The summed E-state index contributed by atoms with van der Waals surface area (Å²) in [6.07, 6.45) is 0. The van der Waals surface area contributed by atoms with E-state index in [9.17, 15) is 20.1 Å². The fourth-order valence-corrected chi connectivity index (χ4v) is 2.00. The van der Waals surface area contributed by atoms with Gasteiger partial charge in [-0.05, 0) is 6.07 Å². The van der Waals surface area contributed by atoms with Gasteiger partial charge in [-0.25, -0.2) is 0 Å². The molecule has 104 valence electrons. The van der Waals surface area contributed by atoms with Crippen molar-refractivity contribution in [2.24, 2.45) is 0 Å². The van der Waals surface area contributed by atoms with E-state index in [2.05, 4.69) is 5.32 Å². The summed E-state index contributed by atoms with van der Waals surface area (Å²) in [7, 11) is 0. The summed E-state index contributed by atoms with van der Waals surface area (Å²) >= 11 is 0. The molecule has 4 N–H and O–H groups in total. The summed E-state index contributed by atoms with van der Waals surface area (Å²) in [5.41, 5.74) is -0.642.